The van der Waals surface area contributed by atoms with E-state index in [4.69, 9.17) is 0 Å². The molecule has 0 atom stereocenters. The molecular formula is C13H14N2. The van der Waals surface area contributed by atoms with Gasteiger partial charge in [-0.1, -0.05) is 18.2 Å². The Morgan fingerprint density at radius 3 is 3.00 bits per heavy atom. The van der Waals surface area contributed by atoms with E-state index in [2.05, 4.69) is 40.6 Å². The van der Waals surface area contributed by atoms with Gasteiger partial charge >= 0.3 is 0 Å². The molecule has 0 saturated carbocycles. The van der Waals surface area contributed by atoms with Gasteiger partial charge in [-0.05, 0) is 36.2 Å². The Hall–Kier alpha value is -1.54. The van der Waals surface area contributed by atoms with E-state index in [0.717, 1.165) is 19.5 Å². The Bertz CT molecular complexity index is 508. The molecule has 1 aromatic carbocycles. The average molecular weight is 198 g/mol. The summed E-state index contributed by atoms with van der Waals surface area (Å²) in [7, 11) is 0. The SMILES string of the molecule is C1=C(c2cccc3[nH]ccc23)CCNC1. The maximum absolute atomic E-state index is 3.34. The molecule has 1 aromatic heterocycles. The molecule has 76 valence electrons. The summed E-state index contributed by atoms with van der Waals surface area (Å²) in [4.78, 5) is 3.26. The number of rotatable bonds is 1. The van der Waals surface area contributed by atoms with Crippen LogP contribution in [0.25, 0.3) is 16.5 Å². The summed E-state index contributed by atoms with van der Waals surface area (Å²) < 4.78 is 0. The number of benzene rings is 1. The van der Waals surface area contributed by atoms with Crippen LogP contribution >= 0.6 is 0 Å². The van der Waals surface area contributed by atoms with Crippen LogP contribution < -0.4 is 5.32 Å². The highest BCUT2D eigenvalue weighted by Crippen LogP contribution is 2.27. The molecule has 3 rings (SSSR count). The van der Waals surface area contributed by atoms with Crippen LogP contribution in [0.3, 0.4) is 0 Å². The van der Waals surface area contributed by atoms with Crippen LogP contribution in [0.5, 0.6) is 0 Å². The van der Waals surface area contributed by atoms with Crippen molar-refractivity contribution in [2.75, 3.05) is 13.1 Å². The average Bonchev–Trinajstić information content (AvgIpc) is 2.78. The summed E-state index contributed by atoms with van der Waals surface area (Å²) in [5.41, 5.74) is 4.08. The highest BCUT2D eigenvalue weighted by molar-refractivity contribution is 5.92. The zero-order chi connectivity index (χ0) is 10.1. The van der Waals surface area contributed by atoms with Gasteiger partial charge in [0, 0.05) is 23.6 Å². The quantitative estimate of drug-likeness (QED) is 0.724. The van der Waals surface area contributed by atoms with E-state index in [1.165, 1.54) is 22.0 Å². The Labute approximate surface area is 89.0 Å². The number of fused-ring (bicyclic) bond motifs is 1. The molecular weight excluding hydrogens is 184 g/mol. The molecule has 2 aromatic rings. The van der Waals surface area contributed by atoms with Gasteiger partial charge < -0.3 is 10.3 Å². The van der Waals surface area contributed by atoms with Gasteiger partial charge in [-0.15, -0.1) is 0 Å². The van der Waals surface area contributed by atoms with Gasteiger partial charge in [-0.2, -0.15) is 0 Å². The lowest BCUT2D eigenvalue weighted by atomic mass is 9.97. The van der Waals surface area contributed by atoms with E-state index >= 15 is 0 Å². The molecule has 1 aliphatic heterocycles. The van der Waals surface area contributed by atoms with E-state index in [0.29, 0.717) is 0 Å². The van der Waals surface area contributed by atoms with Gasteiger partial charge in [0.2, 0.25) is 0 Å². The van der Waals surface area contributed by atoms with Crippen molar-refractivity contribution >= 4 is 16.5 Å². The van der Waals surface area contributed by atoms with E-state index in [1.54, 1.807) is 0 Å². The molecule has 0 spiro atoms. The lowest BCUT2D eigenvalue weighted by molar-refractivity contribution is 0.739. The van der Waals surface area contributed by atoms with Crippen molar-refractivity contribution in [3.05, 3.63) is 42.1 Å². The first kappa shape index (κ1) is 8.74. The Morgan fingerprint density at radius 2 is 2.13 bits per heavy atom. The van der Waals surface area contributed by atoms with Crippen molar-refractivity contribution in [1.82, 2.24) is 10.3 Å². The van der Waals surface area contributed by atoms with Gasteiger partial charge in [-0.3, -0.25) is 0 Å². The maximum atomic E-state index is 3.34. The largest absolute Gasteiger partial charge is 0.361 e. The monoisotopic (exact) mass is 198 g/mol. The molecule has 2 nitrogen and oxygen atoms in total. The Morgan fingerprint density at radius 1 is 1.13 bits per heavy atom. The second kappa shape index (κ2) is 3.55. The number of hydrogen-bond donors (Lipinski definition) is 2. The zero-order valence-electron chi connectivity index (χ0n) is 8.59. The number of aromatic nitrogens is 1. The van der Waals surface area contributed by atoms with Crippen LogP contribution in [0.4, 0.5) is 0 Å². The molecule has 0 bridgehead atoms. The minimum absolute atomic E-state index is 0.996. The zero-order valence-corrected chi connectivity index (χ0v) is 8.59. The molecule has 0 unspecified atom stereocenters. The Kier molecular flexibility index (Phi) is 2.07. The molecule has 2 N–H and O–H groups in total. The normalized spacial score (nSPS) is 16.7. The molecule has 2 heterocycles. The number of H-pyrrole nitrogens is 1. The van der Waals surface area contributed by atoms with E-state index in [-0.39, 0.29) is 0 Å². The number of hydrogen-bond acceptors (Lipinski definition) is 1. The van der Waals surface area contributed by atoms with Crippen molar-refractivity contribution in [2.45, 2.75) is 6.42 Å². The molecule has 0 radical (unpaired) electrons. The fraction of sp³-hybridized carbons (Fsp3) is 0.231. The lowest BCUT2D eigenvalue weighted by Gasteiger charge is -2.14. The highest BCUT2D eigenvalue weighted by atomic mass is 14.8. The minimum Gasteiger partial charge on any atom is -0.361 e. The fourth-order valence-corrected chi connectivity index (χ4v) is 2.23. The van der Waals surface area contributed by atoms with Gasteiger partial charge in [-0.25, -0.2) is 0 Å². The number of nitrogens with one attached hydrogen (secondary N) is 2. The predicted octanol–water partition coefficient (Wildman–Crippen LogP) is 2.54. The van der Waals surface area contributed by atoms with Crippen LogP contribution in [-0.4, -0.2) is 18.1 Å². The van der Waals surface area contributed by atoms with Crippen molar-refractivity contribution in [3.63, 3.8) is 0 Å². The predicted molar refractivity (Wildman–Crippen MR) is 63.8 cm³/mol. The maximum Gasteiger partial charge on any atom is 0.0460 e. The molecule has 2 heteroatoms. The second-order valence-corrected chi connectivity index (χ2v) is 3.93. The molecule has 1 aliphatic rings. The molecule has 0 aliphatic carbocycles. The summed E-state index contributed by atoms with van der Waals surface area (Å²) in [6.07, 6.45) is 5.44. The third-order valence-corrected chi connectivity index (χ3v) is 3.00. The first-order chi connectivity index (χ1) is 7.45. The number of aromatic amines is 1. The minimum atomic E-state index is 0.996. The lowest BCUT2D eigenvalue weighted by Crippen LogP contribution is -2.20. The van der Waals surface area contributed by atoms with Gasteiger partial charge in [0.05, 0.1) is 0 Å². The van der Waals surface area contributed by atoms with Crippen molar-refractivity contribution in [3.8, 4) is 0 Å². The van der Waals surface area contributed by atoms with Crippen LogP contribution in [0, 0.1) is 0 Å². The summed E-state index contributed by atoms with van der Waals surface area (Å²) in [5, 5.41) is 4.68. The second-order valence-electron chi connectivity index (χ2n) is 3.93. The molecule has 0 saturated heterocycles. The fourth-order valence-electron chi connectivity index (χ4n) is 2.23. The molecule has 0 amide bonds. The smallest absolute Gasteiger partial charge is 0.0460 e. The van der Waals surface area contributed by atoms with Crippen LogP contribution in [0.2, 0.25) is 0 Å². The van der Waals surface area contributed by atoms with E-state index < -0.39 is 0 Å². The summed E-state index contributed by atoms with van der Waals surface area (Å²) in [6.45, 7) is 2.09. The van der Waals surface area contributed by atoms with Crippen LogP contribution in [0.1, 0.15) is 12.0 Å². The topological polar surface area (TPSA) is 27.8 Å². The molecule has 0 fully saturated rings. The van der Waals surface area contributed by atoms with Crippen molar-refractivity contribution in [1.29, 1.82) is 0 Å². The summed E-state index contributed by atoms with van der Waals surface area (Å²) in [6, 6.07) is 8.62. The third-order valence-electron chi connectivity index (χ3n) is 3.00. The summed E-state index contributed by atoms with van der Waals surface area (Å²) >= 11 is 0. The molecule has 15 heavy (non-hydrogen) atoms. The van der Waals surface area contributed by atoms with Crippen LogP contribution in [0.15, 0.2) is 36.5 Å². The summed E-state index contributed by atoms with van der Waals surface area (Å²) in [5.74, 6) is 0. The van der Waals surface area contributed by atoms with Gasteiger partial charge in [0.1, 0.15) is 0 Å². The van der Waals surface area contributed by atoms with Gasteiger partial charge in [0.15, 0.2) is 0 Å². The van der Waals surface area contributed by atoms with Crippen LogP contribution in [-0.2, 0) is 0 Å². The first-order valence-corrected chi connectivity index (χ1v) is 5.41. The third kappa shape index (κ3) is 1.47. The van der Waals surface area contributed by atoms with Crippen molar-refractivity contribution in [2.24, 2.45) is 0 Å². The van der Waals surface area contributed by atoms with E-state index in [9.17, 15) is 0 Å². The first-order valence-electron chi connectivity index (χ1n) is 5.41. The van der Waals surface area contributed by atoms with Gasteiger partial charge in [0.25, 0.3) is 0 Å². The Balaban J connectivity index is 2.17. The highest BCUT2D eigenvalue weighted by Gasteiger charge is 2.08. The van der Waals surface area contributed by atoms with Crippen molar-refractivity contribution < 1.29 is 0 Å². The standard InChI is InChI=1S/C13H14N2/c1-2-11(10-4-7-14-8-5-10)12-6-9-15-13(12)3-1/h1-4,6,9,14-15H,5,7-8H2. The van der Waals surface area contributed by atoms with E-state index in [1.807, 2.05) is 6.20 Å².